The van der Waals surface area contributed by atoms with Crippen LogP contribution in [0, 0.1) is 0 Å². The minimum atomic E-state index is -0.990. The molecule has 0 spiro atoms. The molecule has 5 heteroatoms. The highest BCUT2D eigenvalue weighted by Gasteiger charge is 2.41. The first kappa shape index (κ1) is 12.2. The molecule has 1 saturated carbocycles. The molecule has 3 rings (SSSR count). The van der Waals surface area contributed by atoms with Crippen LogP contribution in [0.1, 0.15) is 29.0 Å². The largest absolute Gasteiger partial charge is 0.478 e. The Morgan fingerprint density at radius 3 is 2.74 bits per heavy atom. The average Bonchev–Trinajstić information content (AvgIpc) is 3.09. The summed E-state index contributed by atoms with van der Waals surface area (Å²) >= 11 is 0. The first-order valence-corrected chi connectivity index (χ1v) is 6.25. The van der Waals surface area contributed by atoms with Crippen molar-refractivity contribution in [3.8, 4) is 0 Å². The molecule has 1 aromatic carbocycles. The van der Waals surface area contributed by atoms with Crippen LogP contribution in [0.25, 0.3) is 11.0 Å². The number of hydrogen-bond donors (Lipinski definition) is 3. The van der Waals surface area contributed by atoms with Gasteiger partial charge in [-0.2, -0.15) is 0 Å². The molecule has 1 aliphatic carbocycles. The lowest BCUT2D eigenvalue weighted by Gasteiger charge is -2.12. The molecule has 1 heterocycles. The highest BCUT2D eigenvalue weighted by atomic mass is 16.4. The summed E-state index contributed by atoms with van der Waals surface area (Å²) in [6.07, 6.45) is 1.82. The van der Waals surface area contributed by atoms with Crippen LogP contribution in [0.4, 0.5) is 0 Å². The molecule has 1 aliphatic rings. The van der Waals surface area contributed by atoms with E-state index in [1.54, 1.807) is 18.2 Å². The molecule has 100 valence electrons. The lowest BCUT2D eigenvalue weighted by molar-refractivity contribution is 0.0696. The third-order valence-corrected chi connectivity index (χ3v) is 3.66. The number of para-hydroxylation sites is 1. The van der Waals surface area contributed by atoms with Gasteiger partial charge in [-0.25, -0.2) is 4.79 Å². The molecule has 0 saturated heterocycles. The van der Waals surface area contributed by atoms with Gasteiger partial charge in [0.1, 0.15) is 16.9 Å². The first-order chi connectivity index (χ1) is 9.15. The fourth-order valence-electron chi connectivity index (χ4n) is 2.26. The lowest BCUT2D eigenvalue weighted by atomic mass is 10.1. The zero-order chi connectivity index (χ0) is 13.5. The molecule has 19 heavy (non-hydrogen) atoms. The van der Waals surface area contributed by atoms with Crippen LogP contribution in [0.3, 0.4) is 0 Å². The van der Waals surface area contributed by atoms with Crippen molar-refractivity contribution < 1.29 is 19.4 Å². The maximum atomic E-state index is 11.4. The highest BCUT2D eigenvalue weighted by molar-refractivity contribution is 6.03. The van der Waals surface area contributed by atoms with Gasteiger partial charge >= 0.3 is 5.97 Å². The van der Waals surface area contributed by atoms with Gasteiger partial charge in [0, 0.05) is 10.9 Å². The van der Waals surface area contributed by atoms with Gasteiger partial charge in [0.2, 0.25) is 0 Å². The van der Waals surface area contributed by atoms with Crippen molar-refractivity contribution in [3.05, 3.63) is 35.6 Å². The molecule has 0 unspecified atom stereocenters. The normalized spacial score (nSPS) is 16.7. The van der Waals surface area contributed by atoms with Gasteiger partial charge in [-0.05, 0) is 18.9 Å². The number of benzene rings is 1. The number of rotatable bonds is 5. The Morgan fingerprint density at radius 1 is 1.37 bits per heavy atom. The van der Waals surface area contributed by atoms with E-state index < -0.39 is 5.97 Å². The van der Waals surface area contributed by atoms with Gasteiger partial charge in [-0.3, -0.25) is 0 Å². The number of carboxylic acid groups (broad SMARTS) is 1. The van der Waals surface area contributed by atoms with Crippen molar-refractivity contribution in [2.75, 3.05) is 6.61 Å². The average molecular weight is 261 g/mol. The van der Waals surface area contributed by atoms with Crippen LogP contribution in [-0.4, -0.2) is 28.3 Å². The van der Waals surface area contributed by atoms with Gasteiger partial charge in [0.05, 0.1) is 13.2 Å². The van der Waals surface area contributed by atoms with Crippen LogP contribution in [-0.2, 0) is 6.54 Å². The summed E-state index contributed by atoms with van der Waals surface area (Å²) in [6.45, 7) is 0.381. The molecule has 2 aromatic rings. The molecule has 3 N–H and O–H groups in total. The van der Waals surface area contributed by atoms with Crippen LogP contribution in [0.2, 0.25) is 0 Å². The Hall–Kier alpha value is -1.85. The zero-order valence-corrected chi connectivity index (χ0v) is 10.3. The molecular weight excluding hydrogens is 246 g/mol. The fraction of sp³-hybridized carbons (Fsp3) is 0.357. The van der Waals surface area contributed by atoms with Gasteiger partial charge in [0.15, 0.2) is 0 Å². The van der Waals surface area contributed by atoms with E-state index in [2.05, 4.69) is 5.32 Å². The molecule has 0 radical (unpaired) electrons. The Morgan fingerprint density at radius 2 is 2.11 bits per heavy atom. The Labute approximate surface area is 109 Å². The van der Waals surface area contributed by atoms with Crippen molar-refractivity contribution >= 4 is 16.9 Å². The second-order valence-corrected chi connectivity index (χ2v) is 4.99. The SMILES string of the molecule is O=C(O)c1c(CNC2(CO)CC2)oc2ccccc12. The molecule has 1 aromatic heterocycles. The van der Waals surface area contributed by atoms with Crippen LogP contribution in [0.5, 0.6) is 0 Å². The van der Waals surface area contributed by atoms with E-state index in [1.807, 2.05) is 6.07 Å². The minimum Gasteiger partial charge on any atom is -0.478 e. The molecular formula is C14H15NO4. The maximum Gasteiger partial charge on any atom is 0.339 e. The summed E-state index contributed by atoms with van der Waals surface area (Å²) in [6, 6.07) is 7.09. The Bertz CT molecular complexity index is 627. The molecule has 0 aliphatic heterocycles. The molecule has 0 amide bonds. The smallest absolute Gasteiger partial charge is 0.339 e. The number of aliphatic hydroxyl groups is 1. The van der Waals surface area contributed by atoms with Gasteiger partial charge in [0.25, 0.3) is 0 Å². The van der Waals surface area contributed by atoms with Crippen molar-refractivity contribution in [1.82, 2.24) is 5.32 Å². The number of aromatic carboxylic acids is 1. The van der Waals surface area contributed by atoms with Crippen molar-refractivity contribution in [2.45, 2.75) is 24.9 Å². The summed E-state index contributed by atoms with van der Waals surface area (Å²) in [5, 5.41) is 22.4. The van der Waals surface area contributed by atoms with Crippen molar-refractivity contribution in [2.24, 2.45) is 0 Å². The van der Waals surface area contributed by atoms with E-state index in [0.29, 0.717) is 23.3 Å². The number of fused-ring (bicyclic) bond motifs is 1. The van der Waals surface area contributed by atoms with Gasteiger partial charge in [-0.1, -0.05) is 18.2 Å². The van der Waals surface area contributed by atoms with E-state index in [0.717, 1.165) is 12.8 Å². The van der Waals surface area contributed by atoms with E-state index in [4.69, 9.17) is 4.42 Å². The van der Waals surface area contributed by atoms with E-state index >= 15 is 0 Å². The Kier molecular flexibility index (Phi) is 2.80. The van der Waals surface area contributed by atoms with Crippen molar-refractivity contribution in [3.63, 3.8) is 0 Å². The van der Waals surface area contributed by atoms with Gasteiger partial charge < -0.3 is 19.9 Å². The number of hydrogen-bond acceptors (Lipinski definition) is 4. The summed E-state index contributed by atoms with van der Waals surface area (Å²) < 4.78 is 5.60. The van der Waals surface area contributed by atoms with Gasteiger partial charge in [-0.15, -0.1) is 0 Å². The zero-order valence-electron chi connectivity index (χ0n) is 10.3. The maximum absolute atomic E-state index is 11.4. The number of carboxylic acids is 1. The second-order valence-electron chi connectivity index (χ2n) is 4.99. The predicted octanol–water partition coefficient (Wildman–Crippen LogP) is 1.75. The first-order valence-electron chi connectivity index (χ1n) is 6.25. The van der Waals surface area contributed by atoms with Crippen LogP contribution in [0.15, 0.2) is 28.7 Å². The third kappa shape index (κ3) is 2.11. The minimum absolute atomic E-state index is 0.0651. The number of aliphatic hydroxyl groups excluding tert-OH is 1. The van der Waals surface area contributed by atoms with E-state index in [-0.39, 0.29) is 17.7 Å². The molecule has 0 atom stereocenters. The molecule has 5 nitrogen and oxygen atoms in total. The number of carbonyl (C=O) groups is 1. The van der Waals surface area contributed by atoms with E-state index in [1.165, 1.54) is 0 Å². The Balaban J connectivity index is 1.93. The van der Waals surface area contributed by atoms with Crippen LogP contribution < -0.4 is 5.32 Å². The third-order valence-electron chi connectivity index (χ3n) is 3.66. The number of nitrogens with one attached hydrogen (secondary N) is 1. The summed E-state index contributed by atoms with van der Waals surface area (Å²) in [7, 11) is 0. The standard InChI is InChI=1S/C14H15NO4/c16-8-14(5-6-14)15-7-11-12(13(17)18)9-3-1-2-4-10(9)19-11/h1-4,15-16H,5-8H2,(H,17,18). The van der Waals surface area contributed by atoms with Crippen molar-refractivity contribution in [1.29, 1.82) is 0 Å². The lowest BCUT2D eigenvalue weighted by Crippen LogP contribution is -2.34. The predicted molar refractivity (Wildman–Crippen MR) is 69.1 cm³/mol. The number of furan rings is 1. The monoisotopic (exact) mass is 261 g/mol. The fourth-order valence-corrected chi connectivity index (χ4v) is 2.26. The van der Waals surface area contributed by atoms with Crippen LogP contribution >= 0.6 is 0 Å². The highest BCUT2D eigenvalue weighted by Crippen LogP contribution is 2.35. The van der Waals surface area contributed by atoms with E-state index in [9.17, 15) is 15.0 Å². The molecule has 1 fully saturated rings. The summed E-state index contributed by atoms with van der Waals surface area (Å²) in [5.41, 5.74) is 0.539. The second kappa shape index (κ2) is 4.36. The molecule has 0 bridgehead atoms. The topological polar surface area (TPSA) is 82.7 Å². The summed E-state index contributed by atoms with van der Waals surface area (Å²) in [5.74, 6) is -0.580. The quantitative estimate of drug-likeness (QED) is 0.763. The summed E-state index contributed by atoms with van der Waals surface area (Å²) in [4.78, 5) is 11.4.